The third kappa shape index (κ3) is 1.88. The number of amides is 2. The van der Waals surface area contributed by atoms with Crippen LogP contribution in [0.3, 0.4) is 0 Å². The van der Waals surface area contributed by atoms with Gasteiger partial charge in [0.05, 0.1) is 5.69 Å². The minimum Gasteiger partial charge on any atom is -0.269 e. The van der Waals surface area contributed by atoms with E-state index in [1.165, 1.54) is 17.1 Å². The van der Waals surface area contributed by atoms with E-state index in [0.29, 0.717) is 0 Å². The van der Waals surface area contributed by atoms with Gasteiger partial charge in [-0.1, -0.05) is 24.6 Å². The average molecular weight is 229 g/mol. The number of carbonyl (C=O) groups is 2. The van der Waals surface area contributed by atoms with Crippen LogP contribution in [0.15, 0.2) is 24.3 Å². The number of benzene rings is 1. The number of hydrogen-bond acceptors (Lipinski definition) is 2. The summed E-state index contributed by atoms with van der Waals surface area (Å²) in [5.74, 6) is -0.506. The zero-order valence-electron chi connectivity index (χ0n) is 10.3. The van der Waals surface area contributed by atoms with Gasteiger partial charge in [0.25, 0.3) is 11.8 Å². The number of carbonyl (C=O) groups excluding carboxylic acids is 2. The summed E-state index contributed by atoms with van der Waals surface area (Å²) < 4.78 is 0. The summed E-state index contributed by atoms with van der Waals surface area (Å²) in [7, 11) is 0. The Labute approximate surface area is 101 Å². The number of hydrogen-bond donors (Lipinski definition) is 0. The molecule has 0 unspecified atom stereocenters. The molecule has 0 N–H and O–H groups in total. The fourth-order valence-electron chi connectivity index (χ4n) is 2.26. The summed E-state index contributed by atoms with van der Waals surface area (Å²) in [6.07, 6.45) is 3.44. The van der Waals surface area contributed by atoms with Gasteiger partial charge >= 0.3 is 0 Å². The van der Waals surface area contributed by atoms with Crippen LogP contribution in [0.5, 0.6) is 0 Å². The van der Waals surface area contributed by atoms with Crippen molar-refractivity contribution >= 4 is 17.5 Å². The third-order valence-electron chi connectivity index (χ3n) is 2.94. The minimum atomic E-state index is -0.253. The highest BCUT2D eigenvalue weighted by Crippen LogP contribution is 2.29. The number of nitrogens with zero attached hydrogens (tertiary/aromatic N) is 1. The number of aryl methyl sites for hydroxylation is 3. The van der Waals surface area contributed by atoms with Gasteiger partial charge in [-0.15, -0.1) is 0 Å². The van der Waals surface area contributed by atoms with Crippen molar-refractivity contribution in [3.63, 3.8) is 0 Å². The molecule has 2 amide bonds. The molecular formula is C14H15NO2. The van der Waals surface area contributed by atoms with Gasteiger partial charge in [-0.3, -0.25) is 9.59 Å². The van der Waals surface area contributed by atoms with E-state index < -0.39 is 0 Å². The monoisotopic (exact) mass is 229 g/mol. The van der Waals surface area contributed by atoms with Gasteiger partial charge in [0.1, 0.15) is 0 Å². The molecule has 0 aliphatic carbocycles. The van der Waals surface area contributed by atoms with Crippen LogP contribution in [0.25, 0.3) is 0 Å². The molecule has 1 aliphatic rings. The summed E-state index contributed by atoms with van der Waals surface area (Å²) in [5.41, 5.74) is 3.90. The van der Waals surface area contributed by atoms with E-state index in [0.717, 1.165) is 28.8 Å². The lowest BCUT2D eigenvalue weighted by Crippen LogP contribution is -2.31. The molecule has 3 heteroatoms. The molecule has 0 saturated carbocycles. The Kier molecular flexibility index (Phi) is 2.84. The summed E-state index contributed by atoms with van der Waals surface area (Å²) in [4.78, 5) is 24.7. The molecule has 0 fully saturated rings. The Morgan fingerprint density at radius 1 is 1.06 bits per heavy atom. The lowest BCUT2D eigenvalue weighted by atomic mass is 10.0. The first-order chi connectivity index (χ1) is 8.04. The number of anilines is 1. The summed E-state index contributed by atoms with van der Waals surface area (Å²) in [5, 5.41) is 0. The van der Waals surface area contributed by atoms with Crippen molar-refractivity contribution in [2.45, 2.75) is 27.2 Å². The van der Waals surface area contributed by atoms with Crippen LogP contribution in [-0.4, -0.2) is 11.8 Å². The number of rotatable bonds is 2. The van der Waals surface area contributed by atoms with Crippen LogP contribution in [0.4, 0.5) is 5.69 Å². The maximum Gasteiger partial charge on any atom is 0.258 e. The summed E-state index contributed by atoms with van der Waals surface area (Å²) in [6, 6.07) is 4.02. The summed E-state index contributed by atoms with van der Waals surface area (Å²) >= 11 is 0. The van der Waals surface area contributed by atoms with E-state index in [2.05, 4.69) is 0 Å². The van der Waals surface area contributed by atoms with Gasteiger partial charge in [-0.05, 0) is 31.4 Å². The van der Waals surface area contributed by atoms with Crippen molar-refractivity contribution < 1.29 is 9.59 Å². The molecule has 17 heavy (non-hydrogen) atoms. The highest BCUT2D eigenvalue weighted by molar-refractivity contribution is 6.28. The predicted molar refractivity (Wildman–Crippen MR) is 66.9 cm³/mol. The maximum atomic E-state index is 11.7. The zero-order chi connectivity index (χ0) is 12.6. The molecule has 0 spiro atoms. The maximum absolute atomic E-state index is 11.7. The molecule has 1 aromatic rings. The topological polar surface area (TPSA) is 37.4 Å². The SMILES string of the molecule is CCc1cc(C)cc(C)c1N1C(=O)C=CC1=O. The van der Waals surface area contributed by atoms with Gasteiger partial charge in [-0.25, -0.2) is 4.90 Å². The standard InChI is InChI=1S/C14H15NO2/c1-4-11-8-9(2)7-10(3)14(11)15-12(16)5-6-13(15)17/h5-8H,4H2,1-3H3. The molecule has 3 nitrogen and oxygen atoms in total. The fourth-order valence-corrected chi connectivity index (χ4v) is 2.26. The van der Waals surface area contributed by atoms with Gasteiger partial charge in [-0.2, -0.15) is 0 Å². The first-order valence-electron chi connectivity index (χ1n) is 5.71. The van der Waals surface area contributed by atoms with Crippen LogP contribution >= 0.6 is 0 Å². The minimum absolute atomic E-state index is 0.253. The molecule has 0 aromatic heterocycles. The second-order valence-corrected chi connectivity index (χ2v) is 4.29. The largest absolute Gasteiger partial charge is 0.269 e. The zero-order valence-corrected chi connectivity index (χ0v) is 10.3. The van der Waals surface area contributed by atoms with Crippen molar-refractivity contribution in [2.75, 3.05) is 4.90 Å². The van der Waals surface area contributed by atoms with E-state index in [4.69, 9.17) is 0 Å². The van der Waals surface area contributed by atoms with Crippen LogP contribution < -0.4 is 4.90 Å². The van der Waals surface area contributed by atoms with E-state index in [9.17, 15) is 9.59 Å². The van der Waals surface area contributed by atoms with E-state index in [-0.39, 0.29) is 11.8 Å². The second-order valence-electron chi connectivity index (χ2n) is 4.29. The fraction of sp³-hybridized carbons (Fsp3) is 0.286. The summed E-state index contributed by atoms with van der Waals surface area (Å²) in [6.45, 7) is 5.97. The van der Waals surface area contributed by atoms with Crippen LogP contribution in [0.2, 0.25) is 0 Å². The normalized spacial score (nSPS) is 14.9. The van der Waals surface area contributed by atoms with Crippen LogP contribution in [0.1, 0.15) is 23.6 Å². The third-order valence-corrected chi connectivity index (χ3v) is 2.94. The van der Waals surface area contributed by atoms with E-state index in [1.54, 1.807) is 0 Å². The van der Waals surface area contributed by atoms with Gasteiger partial charge < -0.3 is 0 Å². The van der Waals surface area contributed by atoms with Gasteiger partial charge in [0, 0.05) is 12.2 Å². The average Bonchev–Trinajstić information content (AvgIpc) is 2.59. The second kappa shape index (κ2) is 4.17. The first-order valence-corrected chi connectivity index (χ1v) is 5.71. The first kappa shape index (κ1) is 11.6. The van der Waals surface area contributed by atoms with Crippen molar-refractivity contribution in [1.29, 1.82) is 0 Å². The molecule has 1 heterocycles. The van der Waals surface area contributed by atoms with Crippen molar-refractivity contribution in [2.24, 2.45) is 0 Å². The molecule has 1 aromatic carbocycles. The molecular weight excluding hydrogens is 214 g/mol. The Hall–Kier alpha value is -1.90. The van der Waals surface area contributed by atoms with Crippen molar-refractivity contribution in [3.8, 4) is 0 Å². The molecule has 88 valence electrons. The Morgan fingerprint density at radius 2 is 1.65 bits per heavy atom. The van der Waals surface area contributed by atoms with Crippen molar-refractivity contribution in [3.05, 3.63) is 41.0 Å². The highest BCUT2D eigenvalue weighted by atomic mass is 16.2. The number of imide groups is 1. The Morgan fingerprint density at radius 3 is 2.18 bits per heavy atom. The lowest BCUT2D eigenvalue weighted by molar-refractivity contribution is -0.120. The predicted octanol–water partition coefficient (Wildman–Crippen LogP) is 2.30. The quantitative estimate of drug-likeness (QED) is 0.730. The Bertz CT molecular complexity index is 511. The van der Waals surface area contributed by atoms with E-state index >= 15 is 0 Å². The molecule has 0 radical (unpaired) electrons. The van der Waals surface area contributed by atoms with E-state index in [1.807, 2.05) is 32.9 Å². The molecule has 2 rings (SSSR count). The molecule has 0 saturated heterocycles. The lowest BCUT2D eigenvalue weighted by Gasteiger charge is -2.20. The Balaban J connectivity index is 2.59. The molecule has 0 atom stereocenters. The van der Waals surface area contributed by atoms with Crippen LogP contribution in [0, 0.1) is 13.8 Å². The highest BCUT2D eigenvalue weighted by Gasteiger charge is 2.28. The van der Waals surface area contributed by atoms with Gasteiger partial charge in [0.15, 0.2) is 0 Å². The smallest absolute Gasteiger partial charge is 0.258 e. The molecule has 1 aliphatic heterocycles. The van der Waals surface area contributed by atoms with Gasteiger partial charge in [0.2, 0.25) is 0 Å². The molecule has 0 bridgehead atoms. The van der Waals surface area contributed by atoms with Crippen LogP contribution in [-0.2, 0) is 16.0 Å². The van der Waals surface area contributed by atoms with Crippen molar-refractivity contribution in [1.82, 2.24) is 0 Å².